The molecule has 4 aromatic heterocycles. The number of rotatable bonds is 7. The van der Waals surface area contributed by atoms with Gasteiger partial charge in [-0.2, -0.15) is 0 Å². The van der Waals surface area contributed by atoms with Crippen LogP contribution in [0.3, 0.4) is 0 Å². The number of fused-ring (bicyclic) bond motifs is 9. The normalized spacial score (nSPS) is 11.8. The Hall–Kier alpha value is -9.39. The molecule has 0 saturated carbocycles. The van der Waals surface area contributed by atoms with E-state index in [9.17, 15) is 0 Å². The third-order valence-electron chi connectivity index (χ3n) is 13.5. The summed E-state index contributed by atoms with van der Waals surface area (Å²) < 4.78 is 16.0. The zero-order valence-corrected chi connectivity index (χ0v) is 37.0. The molecule has 0 aliphatic carbocycles. The first kappa shape index (κ1) is 38.8. The summed E-state index contributed by atoms with van der Waals surface area (Å²) in [6, 6.07) is 80.3. The SMILES string of the molecule is c1ccc(-c2ccc3c(c2)c2ccccc2n3-c2cccc3oc4cc(-c5cccc6c5oc5cccc(-c7cccc(-c8nc(-c9ccccc9)nc(-c9ccccc9)n8)c7)c56)ccc4c23)cc1. The van der Waals surface area contributed by atoms with Gasteiger partial charge in [0.2, 0.25) is 0 Å². The van der Waals surface area contributed by atoms with Gasteiger partial charge in [-0.05, 0) is 82.4 Å². The molecule has 14 aromatic rings. The fraction of sp³-hybridized carbons (Fsp3) is 0. The van der Waals surface area contributed by atoms with E-state index in [1.165, 1.54) is 21.9 Å². The van der Waals surface area contributed by atoms with Crippen LogP contribution in [0, 0.1) is 0 Å². The highest BCUT2D eigenvalue weighted by molar-refractivity contribution is 6.18. The first-order chi connectivity index (χ1) is 34.2. The summed E-state index contributed by atoms with van der Waals surface area (Å²) in [6.07, 6.45) is 0. The Morgan fingerprint density at radius 1 is 0.290 bits per heavy atom. The Morgan fingerprint density at radius 2 is 0.841 bits per heavy atom. The van der Waals surface area contributed by atoms with Gasteiger partial charge in [0.25, 0.3) is 0 Å². The van der Waals surface area contributed by atoms with E-state index in [4.69, 9.17) is 23.8 Å². The summed E-state index contributed by atoms with van der Waals surface area (Å²) in [5.41, 5.74) is 15.9. The van der Waals surface area contributed by atoms with Crippen LogP contribution in [0.25, 0.3) is 139 Å². The third-order valence-corrected chi connectivity index (χ3v) is 13.5. The summed E-state index contributed by atoms with van der Waals surface area (Å²) in [6.45, 7) is 0. The second-order valence-electron chi connectivity index (χ2n) is 17.5. The number of hydrogen-bond donors (Lipinski definition) is 0. The molecular formula is C63H38N4O2. The van der Waals surface area contributed by atoms with Crippen LogP contribution < -0.4 is 0 Å². The van der Waals surface area contributed by atoms with Gasteiger partial charge in [-0.1, -0.05) is 176 Å². The van der Waals surface area contributed by atoms with Crippen LogP contribution >= 0.6 is 0 Å². The van der Waals surface area contributed by atoms with E-state index in [0.717, 1.165) is 99.5 Å². The van der Waals surface area contributed by atoms with Crippen molar-refractivity contribution < 1.29 is 8.83 Å². The van der Waals surface area contributed by atoms with Gasteiger partial charge in [-0.25, -0.2) is 15.0 Å². The van der Waals surface area contributed by atoms with E-state index in [1.807, 2.05) is 60.7 Å². The molecule has 0 bridgehead atoms. The van der Waals surface area contributed by atoms with E-state index in [1.54, 1.807) is 0 Å². The van der Waals surface area contributed by atoms with Crippen molar-refractivity contribution in [2.24, 2.45) is 0 Å². The molecule has 0 N–H and O–H groups in total. The summed E-state index contributed by atoms with van der Waals surface area (Å²) in [4.78, 5) is 15.0. The topological polar surface area (TPSA) is 69.9 Å². The zero-order valence-electron chi connectivity index (χ0n) is 37.0. The summed E-state index contributed by atoms with van der Waals surface area (Å²) in [5.74, 6) is 1.86. The van der Waals surface area contributed by atoms with Crippen molar-refractivity contribution in [2.45, 2.75) is 0 Å². The number of furan rings is 2. The van der Waals surface area contributed by atoms with E-state index in [0.29, 0.717) is 17.5 Å². The third kappa shape index (κ3) is 6.38. The number of benzene rings is 10. The van der Waals surface area contributed by atoms with Crippen LogP contribution in [0.2, 0.25) is 0 Å². The van der Waals surface area contributed by atoms with Crippen LogP contribution in [0.4, 0.5) is 0 Å². The second kappa shape index (κ2) is 15.6. The number of aromatic nitrogens is 4. The van der Waals surface area contributed by atoms with Crippen LogP contribution in [0.5, 0.6) is 0 Å². The van der Waals surface area contributed by atoms with Crippen molar-refractivity contribution in [1.29, 1.82) is 0 Å². The van der Waals surface area contributed by atoms with E-state index in [2.05, 4.69) is 174 Å². The van der Waals surface area contributed by atoms with Gasteiger partial charge in [0.1, 0.15) is 22.3 Å². The monoisotopic (exact) mass is 882 g/mol. The van der Waals surface area contributed by atoms with Crippen molar-refractivity contribution in [3.05, 3.63) is 231 Å². The van der Waals surface area contributed by atoms with Gasteiger partial charge in [0, 0.05) is 49.2 Å². The molecule has 0 atom stereocenters. The number of hydrogen-bond acceptors (Lipinski definition) is 5. The van der Waals surface area contributed by atoms with E-state index in [-0.39, 0.29) is 0 Å². The minimum Gasteiger partial charge on any atom is -0.456 e. The quantitative estimate of drug-likeness (QED) is 0.159. The standard InChI is InChI=1S/C63H38N4O2/c1-4-16-39(17-5-1)42-33-35-53-51(37-42)48-24-10-11-28-52(48)67(53)54-29-15-31-56-59(54)49-34-32-44(38-57(49)68-56)47-26-13-27-50-58-46(25-14-30-55(58)69-60(47)50)43-22-12-23-45(36-43)63-65-61(40-18-6-2-7-19-40)64-62(66-63)41-20-8-3-9-21-41/h1-38H. The van der Waals surface area contributed by atoms with Crippen LogP contribution in [-0.2, 0) is 0 Å². The predicted octanol–water partition coefficient (Wildman–Crippen LogP) is 16.8. The molecule has 0 fully saturated rings. The molecule has 10 aromatic carbocycles. The molecule has 322 valence electrons. The van der Waals surface area contributed by atoms with E-state index >= 15 is 0 Å². The molecular weight excluding hydrogens is 845 g/mol. The first-order valence-corrected chi connectivity index (χ1v) is 23.2. The fourth-order valence-electron chi connectivity index (χ4n) is 10.3. The maximum absolute atomic E-state index is 6.83. The summed E-state index contributed by atoms with van der Waals surface area (Å²) >= 11 is 0. The molecule has 6 nitrogen and oxygen atoms in total. The highest BCUT2D eigenvalue weighted by Gasteiger charge is 2.21. The van der Waals surface area contributed by atoms with Crippen LogP contribution in [0.1, 0.15) is 0 Å². The predicted molar refractivity (Wildman–Crippen MR) is 281 cm³/mol. The molecule has 0 unspecified atom stereocenters. The Kier molecular flexibility index (Phi) is 8.79. The lowest BCUT2D eigenvalue weighted by atomic mass is 9.96. The Labute approximate surface area is 396 Å². The van der Waals surface area contributed by atoms with Crippen molar-refractivity contribution in [3.63, 3.8) is 0 Å². The van der Waals surface area contributed by atoms with Crippen LogP contribution in [0.15, 0.2) is 239 Å². The Bertz CT molecular complexity index is 4250. The second-order valence-corrected chi connectivity index (χ2v) is 17.5. The summed E-state index contributed by atoms with van der Waals surface area (Å²) in [7, 11) is 0. The Balaban J connectivity index is 0.873. The number of nitrogens with zero attached hydrogens (tertiary/aromatic N) is 4. The summed E-state index contributed by atoms with van der Waals surface area (Å²) in [5, 5.41) is 6.65. The van der Waals surface area contributed by atoms with Gasteiger partial charge < -0.3 is 13.4 Å². The fourth-order valence-corrected chi connectivity index (χ4v) is 10.3. The minimum absolute atomic E-state index is 0.608. The van der Waals surface area contributed by atoms with Gasteiger partial charge in [-0.3, -0.25) is 0 Å². The largest absolute Gasteiger partial charge is 0.456 e. The van der Waals surface area contributed by atoms with Gasteiger partial charge >= 0.3 is 0 Å². The van der Waals surface area contributed by atoms with Gasteiger partial charge in [0.05, 0.1) is 22.1 Å². The lowest BCUT2D eigenvalue weighted by molar-refractivity contribution is 0.668. The van der Waals surface area contributed by atoms with Crippen molar-refractivity contribution in [3.8, 4) is 73.2 Å². The van der Waals surface area contributed by atoms with E-state index < -0.39 is 0 Å². The van der Waals surface area contributed by atoms with Crippen molar-refractivity contribution in [1.82, 2.24) is 19.5 Å². The molecule has 69 heavy (non-hydrogen) atoms. The van der Waals surface area contributed by atoms with Crippen molar-refractivity contribution >= 4 is 65.7 Å². The molecule has 0 amide bonds. The highest BCUT2D eigenvalue weighted by atomic mass is 16.3. The molecule has 0 spiro atoms. The lowest BCUT2D eigenvalue weighted by Crippen LogP contribution is -2.00. The molecule has 0 radical (unpaired) electrons. The van der Waals surface area contributed by atoms with Gasteiger partial charge in [-0.15, -0.1) is 0 Å². The highest BCUT2D eigenvalue weighted by Crippen LogP contribution is 2.44. The number of para-hydroxylation sites is 2. The molecule has 0 aliphatic rings. The maximum atomic E-state index is 6.83. The molecule has 14 rings (SSSR count). The lowest BCUT2D eigenvalue weighted by Gasteiger charge is -2.10. The zero-order chi connectivity index (χ0) is 45.4. The molecule has 0 saturated heterocycles. The average Bonchev–Trinajstić information content (AvgIpc) is 4.11. The molecule has 6 heteroatoms. The molecule has 4 heterocycles. The molecule has 0 aliphatic heterocycles. The first-order valence-electron chi connectivity index (χ1n) is 23.2. The van der Waals surface area contributed by atoms with Crippen molar-refractivity contribution in [2.75, 3.05) is 0 Å². The Morgan fingerprint density at radius 3 is 1.61 bits per heavy atom. The van der Waals surface area contributed by atoms with Crippen LogP contribution in [-0.4, -0.2) is 19.5 Å². The smallest absolute Gasteiger partial charge is 0.164 e. The maximum Gasteiger partial charge on any atom is 0.164 e. The average molecular weight is 883 g/mol. The van der Waals surface area contributed by atoms with Gasteiger partial charge in [0.15, 0.2) is 17.5 Å². The minimum atomic E-state index is 0.608.